The van der Waals surface area contributed by atoms with Crippen LogP contribution in [0.4, 0.5) is 0 Å². The Labute approximate surface area is 80.0 Å². The Kier molecular flexibility index (Phi) is 136. The average Bonchev–Trinajstić information content (AvgIpc) is 0. The van der Waals surface area contributed by atoms with Crippen LogP contribution in [0.25, 0.3) is 0 Å². The molecule has 0 amide bonds. The molecule has 0 bridgehead atoms. The summed E-state index contributed by atoms with van der Waals surface area (Å²) in [5.74, 6) is 0. The van der Waals surface area contributed by atoms with E-state index in [2.05, 4.69) is 0 Å². The van der Waals surface area contributed by atoms with Crippen molar-refractivity contribution in [2.45, 2.75) is 0 Å². The van der Waals surface area contributed by atoms with Crippen LogP contribution < -0.4 is 0 Å². The first-order valence-electron chi connectivity index (χ1n) is 0. The first-order valence-corrected chi connectivity index (χ1v) is 0. The zero-order valence-corrected chi connectivity index (χ0v) is 9.67. The van der Waals surface area contributed by atoms with E-state index in [0.717, 1.165) is 0 Å². The van der Waals surface area contributed by atoms with Gasteiger partial charge in [-0.05, 0) is 0 Å². The van der Waals surface area contributed by atoms with Gasteiger partial charge in [-0.2, -0.15) is 13.5 Å². The normalized spacial score (nSPS) is 0. The van der Waals surface area contributed by atoms with Gasteiger partial charge in [0, 0.05) is 67.7 Å². The van der Waals surface area contributed by atoms with Crippen LogP contribution >= 0.6 is 13.5 Å². The van der Waals surface area contributed by atoms with Crippen molar-refractivity contribution >= 4 is 64.1 Å². The van der Waals surface area contributed by atoms with Crippen LogP contribution in [0.1, 0.15) is 0 Å². The molecular weight excluding hydrogens is 426 g/mol. The van der Waals surface area contributed by atoms with Crippen LogP contribution in [0.2, 0.25) is 0 Å². The van der Waals surface area contributed by atoms with E-state index in [1.165, 1.54) is 0 Å². The molecule has 7 radical (unpaired) electrons. The van der Waals surface area contributed by atoms with Crippen molar-refractivity contribution in [3.05, 3.63) is 0 Å². The summed E-state index contributed by atoms with van der Waals surface area (Å²) in [5.41, 5.74) is 0. The molecule has 0 aliphatic heterocycles. The quantitative estimate of drug-likeness (QED) is 0.450. The van der Waals surface area contributed by atoms with E-state index >= 15 is 0 Å². The van der Waals surface area contributed by atoms with Gasteiger partial charge in [0.2, 0.25) is 0 Å². The van der Waals surface area contributed by atoms with Gasteiger partial charge in [-0.25, -0.2) is 0 Å². The van der Waals surface area contributed by atoms with Crippen molar-refractivity contribution in [1.29, 1.82) is 0 Å². The van der Waals surface area contributed by atoms with E-state index in [1.54, 1.807) is 0 Å². The van der Waals surface area contributed by atoms with Gasteiger partial charge in [0.05, 0.1) is 0 Å². The van der Waals surface area contributed by atoms with E-state index in [-0.39, 0.29) is 81.2 Å². The second kappa shape index (κ2) is 17.6. The van der Waals surface area contributed by atoms with E-state index in [4.69, 9.17) is 0 Å². The van der Waals surface area contributed by atoms with E-state index in [0.29, 0.717) is 0 Å². The van der Waals surface area contributed by atoms with Gasteiger partial charge >= 0.3 is 0 Å². The predicted molar refractivity (Wildman–Crippen MR) is 21.9 cm³/mol. The molecule has 4 heteroatoms. The Morgan fingerprint density at radius 2 is 1.00 bits per heavy atom. The van der Waals surface area contributed by atoms with Gasteiger partial charge in [0.25, 0.3) is 0 Å². The molecular formula is H2BiCuSSb. The molecule has 0 saturated carbocycles. The number of rotatable bonds is 0. The topological polar surface area (TPSA) is 0 Å². The maximum Gasteiger partial charge on any atom is 0 e. The third kappa shape index (κ3) is 8.82. The summed E-state index contributed by atoms with van der Waals surface area (Å²) in [4.78, 5) is 0. The third-order valence-corrected chi connectivity index (χ3v) is 0. The summed E-state index contributed by atoms with van der Waals surface area (Å²) >= 11 is 0. The number of hydrogen-bond acceptors (Lipinski definition) is 0. The monoisotopic (exact) mass is 427 g/mol. The minimum absolute atomic E-state index is 0. The zero-order valence-electron chi connectivity index (χ0n) is 1.70. The summed E-state index contributed by atoms with van der Waals surface area (Å²) in [6.07, 6.45) is 0. The van der Waals surface area contributed by atoms with Crippen LogP contribution in [0.15, 0.2) is 0 Å². The fourth-order valence-electron chi connectivity index (χ4n) is 0. The summed E-state index contributed by atoms with van der Waals surface area (Å²) in [6.45, 7) is 0. The van der Waals surface area contributed by atoms with Gasteiger partial charge in [0.15, 0.2) is 0 Å². The Balaban J connectivity index is 0. The molecule has 0 heterocycles. The van der Waals surface area contributed by atoms with Gasteiger partial charge in [-0.1, -0.05) is 0 Å². The van der Waals surface area contributed by atoms with Crippen molar-refractivity contribution < 1.29 is 17.1 Å². The van der Waals surface area contributed by atoms with E-state index in [1.807, 2.05) is 0 Å². The molecule has 0 aromatic heterocycles. The summed E-state index contributed by atoms with van der Waals surface area (Å²) in [5, 5.41) is 0. The summed E-state index contributed by atoms with van der Waals surface area (Å²) in [7, 11) is 0. The molecule has 0 unspecified atom stereocenters. The largest absolute Gasteiger partial charge is 0.197 e. The maximum atomic E-state index is 0. The van der Waals surface area contributed by atoms with Gasteiger partial charge in [0.1, 0.15) is 0 Å². The van der Waals surface area contributed by atoms with Crippen LogP contribution in [0.5, 0.6) is 0 Å². The van der Waals surface area contributed by atoms with Crippen molar-refractivity contribution in [2.24, 2.45) is 0 Å². The Morgan fingerprint density at radius 1 is 1.00 bits per heavy atom. The molecule has 0 aromatic carbocycles. The molecule has 0 aliphatic carbocycles. The Morgan fingerprint density at radius 3 is 1.00 bits per heavy atom. The SMILES string of the molecule is S.[Bi].[Cu].[Sb]. The Bertz CT molecular complexity index is 8.00. The molecule has 0 nitrogen and oxygen atoms in total. The molecule has 0 atom stereocenters. The number of hydrogen-bond donors (Lipinski definition) is 0. The summed E-state index contributed by atoms with van der Waals surface area (Å²) < 4.78 is 0. The minimum Gasteiger partial charge on any atom is -0.197 e. The molecule has 4 heavy (non-hydrogen) atoms. The first-order chi connectivity index (χ1) is 0. The fraction of sp³-hybridized carbons (Fsp3) is 0. The molecule has 0 saturated heterocycles. The Hall–Kier alpha value is 2.57. The van der Waals surface area contributed by atoms with Crippen LogP contribution in [-0.2, 0) is 17.1 Å². The molecule has 0 N–H and O–H groups in total. The smallest absolute Gasteiger partial charge is 0 e. The van der Waals surface area contributed by atoms with Crippen LogP contribution in [0, 0.1) is 0 Å². The fourth-order valence-corrected chi connectivity index (χ4v) is 0. The van der Waals surface area contributed by atoms with Crippen molar-refractivity contribution in [3.63, 3.8) is 0 Å². The molecule has 0 aromatic rings. The minimum atomic E-state index is 0. The molecule has 0 spiro atoms. The van der Waals surface area contributed by atoms with Crippen LogP contribution in [0.3, 0.4) is 0 Å². The average molecular weight is 428 g/mol. The van der Waals surface area contributed by atoms with Crippen LogP contribution in [-0.4, -0.2) is 50.6 Å². The standard InChI is InChI=1S/Bi.Cu.H2S.Sb/h;;1H2;. The molecule has 0 aliphatic rings. The molecule has 0 rings (SSSR count). The van der Waals surface area contributed by atoms with E-state index < -0.39 is 0 Å². The van der Waals surface area contributed by atoms with E-state index in [9.17, 15) is 0 Å². The van der Waals surface area contributed by atoms with Gasteiger partial charge < -0.3 is 0 Å². The maximum absolute atomic E-state index is 0. The van der Waals surface area contributed by atoms with Crippen molar-refractivity contribution in [1.82, 2.24) is 0 Å². The predicted octanol–water partition coefficient (Wildman–Crippen LogP) is -0.651. The first kappa shape index (κ1) is 30.9. The second-order valence-corrected chi connectivity index (χ2v) is 0. The molecule has 0 fully saturated rings. The van der Waals surface area contributed by atoms with Crippen molar-refractivity contribution in [3.8, 4) is 0 Å². The summed E-state index contributed by atoms with van der Waals surface area (Å²) in [6, 6.07) is 0. The van der Waals surface area contributed by atoms with Gasteiger partial charge in [-0.3, -0.25) is 0 Å². The third-order valence-electron chi connectivity index (χ3n) is 0. The molecule has 29 valence electrons. The van der Waals surface area contributed by atoms with Crippen molar-refractivity contribution in [2.75, 3.05) is 0 Å². The second-order valence-electron chi connectivity index (χ2n) is 0. The zero-order chi connectivity index (χ0) is 0. The van der Waals surface area contributed by atoms with Gasteiger partial charge in [-0.15, -0.1) is 0 Å².